The molecule has 1 aliphatic carbocycles. The topological polar surface area (TPSA) is 84.9 Å². The Morgan fingerprint density at radius 1 is 1.25 bits per heavy atom. The molecule has 6 nitrogen and oxygen atoms in total. The molecule has 1 aromatic carbocycles. The van der Waals surface area contributed by atoms with Crippen LogP contribution < -0.4 is 14.8 Å². The largest absolute Gasteiger partial charge is 0.481 e. The second-order valence-electron chi connectivity index (χ2n) is 7.34. The number of rotatable bonds is 6. The first kappa shape index (κ1) is 16.6. The first-order chi connectivity index (χ1) is 11.3. The zero-order valence-corrected chi connectivity index (χ0v) is 14.1. The maximum absolute atomic E-state index is 12.2. The highest BCUT2D eigenvalue weighted by Crippen LogP contribution is 2.44. The highest BCUT2D eigenvalue weighted by molar-refractivity contribution is 5.85. The van der Waals surface area contributed by atoms with Crippen LogP contribution in [0.4, 0.5) is 0 Å². The van der Waals surface area contributed by atoms with Crippen LogP contribution in [0, 0.1) is 5.41 Å². The quantitative estimate of drug-likeness (QED) is 0.835. The first-order valence-electron chi connectivity index (χ1n) is 8.23. The van der Waals surface area contributed by atoms with Crippen LogP contribution in [0.3, 0.4) is 0 Å². The Kier molecular flexibility index (Phi) is 4.15. The molecule has 0 saturated heterocycles. The minimum Gasteiger partial charge on any atom is -0.481 e. The molecule has 1 heterocycles. The number of nitrogens with one attached hydrogen (secondary N) is 1. The zero-order chi connectivity index (χ0) is 17.4. The number of carbonyl (C=O) groups is 2. The average Bonchev–Trinajstić information content (AvgIpc) is 2.96. The average molecular weight is 333 g/mol. The molecule has 2 aliphatic rings. The normalized spacial score (nSPS) is 17.9. The van der Waals surface area contributed by atoms with E-state index in [0.29, 0.717) is 25.1 Å². The summed E-state index contributed by atoms with van der Waals surface area (Å²) in [5.41, 5.74) is -0.122. The van der Waals surface area contributed by atoms with E-state index in [1.54, 1.807) is 0 Å². The Hall–Kier alpha value is -2.24. The van der Waals surface area contributed by atoms with Gasteiger partial charge in [0.15, 0.2) is 11.5 Å². The summed E-state index contributed by atoms with van der Waals surface area (Å²) in [5, 5.41) is 12.2. The Balaban J connectivity index is 1.60. The smallest absolute Gasteiger partial charge is 0.310 e. The van der Waals surface area contributed by atoms with Gasteiger partial charge < -0.3 is 19.9 Å². The molecule has 2 N–H and O–H groups in total. The summed E-state index contributed by atoms with van der Waals surface area (Å²) in [5.74, 6) is 0.378. The van der Waals surface area contributed by atoms with E-state index in [0.717, 1.165) is 17.7 Å². The van der Waals surface area contributed by atoms with Gasteiger partial charge in [-0.05, 0) is 30.5 Å². The maximum Gasteiger partial charge on any atom is 0.310 e. The van der Waals surface area contributed by atoms with Crippen molar-refractivity contribution in [1.82, 2.24) is 5.32 Å². The fraction of sp³-hybridized carbons (Fsp3) is 0.556. The number of ether oxygens (including phenoxy) is 2. The molecule has 1 aromatic rings. The predicted molar refractivity (Wildman–Crippen MR) is 87.1 cm³/mol. The lowest BCUT2D eigenvalue weighted by molar-refractivity contribution is -0.157. The molecule has 0 aromatic heterocycles. The van der Waals surface area contributed by atoms with E-state index >= 15 is 0 Å². The van der Waals surface area contributed by atoms with E-state index in [4.69, 9.17) is 9.47 Å². The van der Waals surface area contributed by atoms with Crippen LogP contribution in [-0.4, -0.2) is 30.3 Å². The number of hydrogen-bond donors (Lipinski definition) is 2. The van der Waals surface area contributed by atoms with Crippen molar-refractivity contribution < 1.29 is 24.2 Å². The van der Waals surface area contributed by atoms with Crippen LogP contribution >= 0.6 is 0 Å². The van der Waals surface area contributed by atoms with Gasteiger partial charge in [0.05, 0.1) is 5.41 Å². The molecular weight excluding hydrogens is 310 g/mol. The number of carboxylic acids is 1. The molecule has 0 radical (unpaired) electrons. The van der Waals surface area contributed by atoms with Gasteiger partial charge in [0.2, 0.25) is 12.7 Å². The van der Waals surface area contributed by atoms with E-state index in [9.17, 15) is 14.7 Å². The molecule has 0 unspecified atom stereocenters. The van der Waals surface area contributed by atoms with E-state index in [1.165, 1.54) is 0 Å². The minimum atomic E-state index is -0.862. The van der Waals surface area contributed by atoms with Crippen molar-refractivity contribution in [2.24, 2.45) is 5.41 Å². The van der Waals surface area contributed by atoms with Crippen LogP contribution in [-0.2, 0) is 15.0 Å². The summed E-state index contributed by atoms with van der Waals surface area (Å²) in [6.45, 7) is 4.72. The number of amides is 1. The fourth-order valence-electron chi connectivity index (χ4n) is 3.18. The third-order valence-corrected chi connectivity index (χ3v) is 5.14. The molecule has 1 saturated carbocycles. The second kappa shape index (κ2) is 6.00. The zero-order valence-electron chi connectivity index (χ0n) is 14.1. The molecule has 1 fully saturated rings. The lowest BCUT2D eigenvalue weighted by Crippen LogP contribution is -2.44. The number of carboxylic acid groups (broad SMARTS) is 1. The number of hydrogen-bond acceptors (Lipinski definition) is 4. The van der Waals surface area contributed by atoms with Gasteiger partial charge in [-0.2, -0.15) is 0 Å². The first-order valence-corrected chi connectivity index (χ1v) is 8.23. The van der Waals surface area contributed by atoms with Crippen LogP contribution in [0.15, 0.2) is 18.2 Å². The van der Waals surface area contributed by atoms with Crippen molar-refractivity contribution in [3.05, 3.63) is 23.8 Å². The van der Waals surface area contributed by atoms with Gasteiger partial charge in [0.1, 0.15) is 0 Å². The maximum atomic E-state index is 12.2. The van der Waals surface area contributed by atoms with Crippen molar-refractivity contribution >= 4 is 11.9 Å². The molecule has 1 amide bonds. The lowest BCUT2D eigenvalue weighted by atomic mass is 9.66. The van der Waals surface area contributed by atoms with E-state index in [-0.39, 0.29) is 24.5 Å². The Labute approximate surface area is 141 Å². The molecule has 24 heavy (non-hydrogen) atoms. The fourth-order valence-corrected chi connectivity index (χ4v) is 3.18. The van der Waals surface area contributed by atoms with Crippen LogP contribution in [0.5, 0.6) is 11.5 Å². The Morgan fingerprint density at radius 3 is 2.58 bits per heavy atom. The molecule has 6 heteroatoms. The van der Waals surface area contributed by atoms with E-state index < -0.39 is 11.4 Å². The van der Waals surface area contributed by atoms with Crippen LogP contribution in [0.1, 0.15) is 45.1 Å². The van der Waals surface area contributed by atoms with Gasteiger partial charge in [0, 0.05) is 18.4 Å². The molecule has 0 bridgehead atoms. The Bertz CT molecular complexity index is 663. The highest BCUT2D eigenvalue weighted by atomic mass is 16.7. The number of fused-ring (bicyclic) bond motifs is 1. The van der Waals surface area contributed by atoms with Gasteiger partial charge in [-0.25, -0.2) is 0 Å². The Morgan fingerprint density at radius 2 is 1.96 bits per heavy atom. The van der Waals surface area contributed by atoms with Crippen molar-refractivity contribution in [2.45, 2.75) is 44.9 Å². The summed E-state index contributed by atoms with van der Waals surface area (Å²) < 4.78 is 10.7. The highest BCUT2D eigenvalue weighted by Gasteiger charge is 2.46. The van der Waals surface area contributed by atoms with Gasteiger partial charge >= 0.3 is 5.97 Å². The third kappa shape index (κ3) is 3.05. The van der Waals surface area contributed by atoms with Crippen molar-refractivity contribution in [1.29, 1.82) is 0 Å². The SMILES string of the molecule is CC(C)(CNC(=O)CC1(C(=O)O)CCC1)c1ccc2c(c1)OCO2. The van der Waals surface area contributed by atoms with Crippen LogP contribution in [0.25, 0.3) is 0 Å². The molecule has 0 atom stereocenters. The molecule has 0 spiro atoms. The van der Waals surface area contributed by atoms with Gasteiger partial charge in [-0.3, -0.25) is 9.59 Å². The summed E-state index contributed by atoms with van der Waals surface area (Å²) >= 11 is 0. The van der Waals surface area contributed by atoms with E-state index in [2.05, 4.69) is 5.32 Å². The molecule has 3 rings (SSSR count). The number of benzene rings is 1. The molecule has 130 valence electrons. The third-order valence-electron chi connectivity index (χ3n) is 5.14. The standard InChI is InChI=1S/C18H23NO5/c1-17(2,12-4-5-13-14(8-12)24-11-23-13)10-19-15(20)9-18(16(21)22)6-3-7-18/h4-5,8H,3,6-7,9-11H2,1-2H3,(H,19,20)(H,21,22). The number of carbonyl (C=O) groups excluding carboxylic acids is 1. The van der Waals surface area contributed by atoms with Crippen molar-refractivity contribution in [3.8, 4) is 11.5 Å². The van der Waals surface area contributed by atoms with Gasteiger partial charge in [-0.1, -0.05) is 26.3 Å². The predicted octanol–water partition coefficient (Wildman–Crippen LogP) is 2.45. The summed E-state index contributed by atoms with van der Waals surface area (Å²) in [7, 11) is 0. The van der Waals surface area contributed by atoms with Crippen molar-refractivity contribution in [2.75, 3.05) is 13.3 Å². The summed E-state index contributed by atoms with van der Waals surface area (Å²) in [4.78, 5) is 23.6. The summed E-state index contributed by atoms with van der Waals surface area (Å²) in [6, 6.07) is 5.76. The minimum absolute atomic E-state index is 0.0551. The van der Waals surface area contributed by atoms with E-state index in [1.807, 2.05) is 32.0 Å². The summed E-state index contributed by atoms with van der Waals surface area (Å²) in [6.07, 6.45) is 2.10. The monoisotopic (exact) mass is 333 g/mol. The van der Waals surface area contributed by atoms with Crippen LogP contribution in [0.2, 0.25) is 0 Å². The molecule has 1 aliphatic heterocycles. The van der Waals surface area contributed by atoms with Gasteiger partial charge in [-0.15, -0.1) is 0 Å². The molecular formula is C18H23NO5. The van der Waals surface area contributed by atoms with Crippen molar-refractivity contribution in [3.63, 3.8) is 0 Å². The van der Waals surface area contributed by atoms with Gasteiger partial charge in [0.25, 0.3) is 0 Å². The lowest BCUT2D eigenvalue weighted by Gasteiger charge is -2.37. The number of aliphatic carboxylic acids is 1. The second-order valence-corrected chi connectivity index (χ2v) is 7.34.